The minimum atomic E-state index is 0.549. The molecule has 0 saturated carbocycles. The lowest BCUT2D eigenvalue weighted by Gasteiger charge is -2.36. The number of nitrogens with zero attached hydrogens (tertiary/aromatic N) is 2. The molecule has 5 heteroatoms. The van der Waals surface area contributed by atoms with Crippen molar-refractivity contribution in [2.75, 3.05) is 18.1 Å². The van der Waals surface area contributed by atoms with Crippen LogP contribution in [-0.4, -0.2) is 44.4 Å². The molecule has 2 heterocycles. The lowest BCUT2D eigenvalue weighted by Crippen LogP contribution is -2.46. The van der Waals surface area contributed by atoms with Crippen LogP contribution in [0.1, 0.15) is 32.4 Å². The van der Waals surface area contributed by atoms with Crippen LogP contribution in [0.25, 0.3) is 0 Å². The summed E-state index contributed by atoms with van der Waals surface area (Å²) in [7, 11) is 2.00. The van der Waals surface area contributed by atoms with Crippen molar-refractivity contribution >= 4 is 23.5 Å². The summed E-state index contributed by atoms with van der Waals surface area (Å²) in [6.45, 7) is 5.68. The highest BCUT2D eigenvalue weighted by Gasteiger charge is 2.32. The van der Waals surface area contributed by atoms with E-state index in [1.807, 2.05) is 17.9 Å². The molecule has 1 aliphatic rings. The van der Waals surface area contributed by atoms with Crippen LogP contribution < -0.4 is 5.32 Å². The molecular weight excluding hydrogens is 286 g/mol. The van der Waals surface area contributed by atoms with Crippen molar-refractivity contribution in [2.45, 2.75) is 49.7 Å². The molecule has 0 radical (unpaired) electrons. The van der Waals surface area contributed by atoms with Gasteiger partial charge in [-0.05, 0) is 25.5 Å². The van der Waals surface area contributed by atoms with Crippen molar-refractivity contribution in [3.63, 3.8) is 0 Å². The summed E-state index contributed by atoms with van der Waals surface area (Å²) in [6.07, 6.45) is 5.57. The zero-order valence-electron chi connectivity index (χ0n) is 12.8. The Labute approximate surface area is 131 Å². The van der Waals surface area contributed by atoms with Gasteiger partial charge in [0, 0.05) is 47.7 Å². The quantitative estimate of drug-likeness (QED) is 0.838. The molecule has 3 atom stereocenters. The summed E-state index contributed by atoms with van der Waals surface area (Å²) in [5.74, 6) is 2.60. The first-order valence-electron chi connectivity index (χ1n) is 7.69. The van der Waals surface area contributed by atoms with Crippen molar-refractivity contribution in [2.24, 2.45) is 7.05 Å². The van der Waals surface area contributed by atoms with Gasteiger partial charge in [-0.25, -0.2) is 0 Å². The summed E-state index contributed by atoms with van der Waals surface area (Å²) >= 11 is 4.32. The van der Waals surface area contributed by atoms with Gasteiger partial charge < -0.3 is 5.32 Å². The van der Waals surface area contributed by atoms with E-state index < -0.39 is 0 Å². The minimum Gasteiger partial charge on any atom is -0.312 e. The number of rotatable bonds is 7. The predicted molar refractivity (Wildman–Crippen MR) is 91.8 cm³/mol. The standard InChI is InChI=1S/C15H27N3S2/c1-4-7-16-13(11-12-6-8-18(3)17-12)15-14(5-2)19-9-10-20-15/h6,8,13-16H,4-5,7,9-11H2,1-3H3. The van der Waals surface area contributed by atoms with E-state index in [1.165, 1.54) is 30.0 Å². The number of nitrogens with one attached hydrogen (secondary N) is 1. The van der Waals surface area contributed by atoms with Gasteiger partial charge in [0.2, 0.25) is 0 Å². The molecule has 114 valence electrons. The molecule has 1 aromatic heterocycles. The smallest absolute Gasteiger partial charge is 0.0640 e. The van der Waals surface area contributed by atoms with E-state index in [0.29, 0.717) is 11.3 Å². The van der Waals surface area contributed by atoms with Crippen molar-refractivity contribution in [1.29, 1.82) is 0 Å². The second kappa shape index (κ2) is 8.35. The maximum Gasteiger partial charge on any atom is 0.0640 e. The van der Waals surface area contributed by atoms with Gasteiger partial charge in [0.25, 0.3) is 0 Å². The molecule has 0 bridgehead atoms. The Morgan fingerprint density at radius 3 is 2.85 bits per heavy atom. The van der Waals surface area contributed by atoms with E-state index in [1.54, 1.807) is 0 Å². The molecule has 0 aromatic carbocycles. The van der Waals surface area contributed by atoms with Crippen molar-refractivity contribution in [3.05, 3.63) is 18.0 Å². The van der Waals surface area contributed by atoms with Crippen LogP contribution in [0, 0.1) is 0 Å². The molecule has 1 aromatic rings. The van der Waals surface area contributed by atoms with Crippen LogP contribution in [0.3, 0.4) is 0 Å². The molecule has 0 aliphatic carbocycles. The van der Waals surface area contributed by atoms with Gasteiger partial charge in [0.05, 0.1) is 5.69 Å². The van der Waals surface area contributed by atoms with E-state index in [0.717, 1.165) is 18.2 Å². The van der Waals surface area contributed by atoms with Crippen LogP contribution in [0.5, 0.6) is 0 Å². The molecule has 1 saturated heterocycles. The molecule has 1 aliphatic heterocycles. The Balaban J connectivity index is 2.04. The van der Waals surface area contributed by atoms with Gasteiger partial charge in [-0.2, -0.15) is 28.6 Å². The maximum atomic E-state index is 4.56. The van der Waals surface area contributed by atoms with Gasteiger partial charge in [-0.3, -0.25) is 4.68 Å². The van der Waals surface area contributed by atoms with Crippen molar-refractivity contribution in [3.8, 4) is 0 Å². The second-order valence-corrected chi connectivity index (χ2v) is 8.03. The van der Waals surface area contributed by atoms with E-state index in [-0.39, 0.29) is 0 Å². The Morgan fingerprint density at radius 1 is 1.40 bits per heavy atom. The largest absolute Gasteiger partial charge is 0.312 e. The highest BCUT2D eigenvalue weighted by molar-refractivity contribution is 8.07. The number of aryl methyl sites for hydroxylation is 1. The molecule has 0 amide bonds. The van der Waals surface area contributed by atoms with Crippen molar-refractivity contribution in [1.82, 2.24) is 15.1 Å². The van der Waals surface area contributed by atoms with Crippen LogP contribution in [0.15, 0.2) is 12.3 Å². The van der Waals surface area contributed by atoms with Crippen LogP contribution >= 0.6 is 23.5 Å². The second-order valence-electron chi connectivity index (χ2n) is 5.40. The number of aromatic nitrogens is 2. The summed E-state index contributed by atoms with van der Waals surface area (Å²) < 4.78 is 1.91. The summed E-state index contributed by atoms with van der Waals surface area (Å²) in [5.41, 5.74) is 1.21. The van der Waals surface area contributed by atoms with Crippen LogP contribution in [-0.2, 0) is 13.5 Å². The third-order valence-corrected chi connectivity index (χ3v) is 7.15. The monoisotopic (exact) mass is 313 g/mol. The third-order valence-electron chi connectivity index (χ3n) is 3.75. The minimum absolute atomic E-state index is 0.549. The van der Waals surface area contributed by atoms with Gasteiger partial charge in [0.15, 0.2) is 0 Å². The third kappa shape index (κ3) is 4.43. The molecule has 20 heavy (non-hydrogen) atoms. The topological polar surface area (TPSA) is 29.9 Å². The first kappa shape index (κ1) is 16.2. The number of thioether (sulfide) groups is 2. The zero-order valence-corrected chi connectivity index (χ0v) is 14.5. The normalized spacial score (nSPS) is 24.8. The SMILES string of the molecule is CCCNC(Cc1ccn(C)n1)C1SCCSC1CC. The highest BCUT2D eigenvalue weighted by atomic mass is 32.2. The van der Waals surface area contributed by atoms with Crippen LogP contribution in [0.4, 0.5) is 0 Å². The maximum absolute atomic E-state index is 4.56. The number of hydrogen-bond donors (Lipinski definition) is 1. The summed E-state index contributed by atoms with van der Waals surface area (Å²) in [5, 5.41) is 9.84. The van der Waals surface area contributed by atoms with Crippen LogP contribution in [0.2, 0.25) is 0 Å². The van der Waals surface area contributed by atoms with Gasteiger partial charge in [-0.1, -0.05) is 13.8 Å². The van der Waals surface area contributed by atoms with E-state index in [2.05, 4.69) is 53.9 Å². The number of hydrogen-bond acceptors (Lipinski definition) is 4. The Kier molecular flexibility index (Phi) is 6.78. The summed E-state index contributed by atoms with van der Waals surface area (Å²) in [6, 6.07) is 2.70. The molecule has 2 rings (SSSR count). The van der Waals surface area contributed by atoms with E-state index in [4.69, 9.17) is 0 Å². The average molecular weight is 314 g/mol. The van der Waals surface area contributed by atoms with E-state index >= 15 is 0 Å². The summed E-state index contributed by atoms with van der Waals surface area (Å²) in [4.78, 5) is 0. The predicted octanol–water partition coefficient (Wildman–Crippen LogP) is 2.96. The first-order valence-corrected chi connectivity index (χ1v) is 9.79. The Morgan fingerprint density at radius 2 is 2.20 bits per heavy atom. The van der Waals surface area contributed by atoms with Gasteiger partial charge in [-0.15, -0.1) is 0 Å². The van der Waals surface area contributed by atoms with Crippen molar-refractivity contribution < 1.29 is 0 Å². The molecule has 3 nitrogen and oxygen atoms in total. The average Bonchev–Trinajstić information content (AvgIpc) is 2.88. The molecular formula is C15H27N3S2. The highest BCUT2D eigenvalue weighted by Crippen LogP contribution is 2.35. The lowest BCUT2D eigenvalue weighted by atomic mass is 10.0. The fraction of sp³-hybridized carbons (Fsp3) is 0.800. The molecule has 1 N–H and O–H groups in total. The fourth-order valence-corrected chi connectivity index (χ4v) is 6.01. The first-order chi connectivity index (χ1) is 9.74. The lowest BCUT2D eigenvalue weighted by molar-refractivity contribution is 0.472. The fourth-order valence-electron chi connectivity index (χ4n) is 2.74. The van der Waals surface area contributed by atoms with Gasteiger partial charge >= 0.3 is 0 Å². The Hall–Kier alpha value is -0.130. The molecule has 1 fully saturated rings. The molecule has 0 spiro atoms. The Bertz CT molecular complexity index is 394. The van der Waals surface area contributed by atoms with Gasteiger partial charge in [0.1, 0.15) is 0 Å². The zero-order chi connectivity index (χ0) is 14.4. The molecule has 3 unspecified atom stereocenters. The van der Waals surface area contributed by atoms with E-state index in [9.17, 15) is 0 Å².